The zero-order chi connectivity index (χ0) is 31.9. The van der Waals surface area contributed by atoms with Gasteiger partial charge in [-0.2, -0.15) is 0 Å². The first-order chi connectivity index (χ1) is 20.4. The first-order valence-corrected chi connectivity index (χ1v) is 13.7. The maximum atomic E-state index is 12.7. The average Bonchev–Trinajstić information content (AvgIpc) is 2.97. The Balaban J connectivity index is 1.96. The lowest BCUT2D eigenvalue weighted by atomic mass is 9.77. The SMILES string of the molecule is C=CC1C(OC2OC(CO)C(O)C(O)(O)C2OCNC)OC=C(C(=O)OC)C1(O)C=CC1CC(C(=O)O)CN(CCO)C1. The fraction of sp³-hybridized carbons (Fsp3) is 0.704. The van der Waals surface area contributed by atoms with Crippen molar-refractivity contribution in [3.05, 3.63) is 36.6 Å². The van der Waals surface area contributed by atoms with E-state index in [1.165, 1.54) is 19.2 Å². The zero-order valence-corrected chi connectivity index (χ0v) is 24.0. The second kappa shape index (κ2) is 15.0. The van der Waals surface area contributed by atoms with Gasteiger partial charge in [0.05, 0.1) is 38.9 Å². The number of hydrogen-bond acceptors (Lipinski definition) is 15. The normalized spacial score (nSPS) is 36.5. The molecule has 0 aromatic heterocycles. The van der Waals surface area contributed by atoms with Crippen LogP contribution in [0.2, 0.25) is 0 Å². The number of piperidine rings is 1. The van der Waals surface area contributed by atoms with Gasteiger partial charge in [-0.05, 0) is 19.4 Å². The summed E-state index contributed by atoms with van der Waals surface area (Å²) in [5.41, 5.74) is -2.51. The van der Waals surface area contributed by atoms with Crippen molar-refractivity contribution in [2.24, 2.45) is 17.8 Å². The summed E-state index contributed by atoms with van der Waals surface area (Å²) in [4.78, 5) is 26.3. The summed E-state index contributed by atoms with van der Waals surface area (Å²) in [6.07, 6.45) is -3.17. The Morgan fingerprint density at radius 1 is 1.23 bits per heavy atom. The molecular weight excluding hydrogens is 576 g/mol. The molecule has 16 heteroatoms. The van der Waals surface area contributed by atoms with E-state index in [1.54, 1.807) is 11.0 Å². The second-order valence-electron chi connectivity index (χ2n) is 10.7. The van der Waals surface area contributed by atoms with Crippen molar-refractivity contribution in [2.45, 2.75) is 48.7 Å². The number of carbonyl (C=O) groups excluding carboxylic acids is 1. The molecule has 8 N–H and O–H groups in total. The van der Waals surface area contributed by atoms with Gasteiger partial charge in [0.2, 0.25) is 12.1 Å². The molecule has 3 aliphatic heterocycles. The van der Waals surface area contributed by atoms with Crippen LogP contribution in [0.1, 0.15) is 6.42 Å². The minimum atomic E-state index is -2.95. The molecule has 2 saturated heterocycles. The summed E-state index contributed by atoms with van der Waals surface area (Å²) >= 11 is 0. The molecule has 2 fully saturated rings. The van der Waals surface area contributed by atoms with E-state index < -0.39 is 78.6 Å². The number of likely N-dealkylation sites (tertiary alicyclic amines) is 1. The third-order valence-electron chi connectivity index (χ3n) is 7.78. The standard InChI is InChI=1S/C27H42N2O14/c1-4-17-24(43-25-21(41-14-28-2)27(37,38)20(32)19(12-31)42-25)40-13-18(23(35)39-3)26(17,36)6-5-15-9-16(22(33)34)11-29(10-15)7-8-30/h4-6,13,15-17,19-21,24-25,28,30-32,36-38H,1,7-12,14H2,2-3H3,(H,33,34). The molecule has 16 nitrogen and oxygen atoms in total. The van der Waals surface area contributed by atoms with E-state index in [1.807, 2.05) is 0 Å². The van der Waals surface area contributed by atoms with Crippen molar-refractivity contribution in [3.63, 3.8) is 0 Å². The number of β-amino-alcohol motifs (C(OH)–C–C–N with tert-alkyl or cyclic N) is 1. The summed E-state index contributed by atoms with van der Waals surface area (Å²) < 4.78 is 27.4. The molecule has 0 amide bonds. The van der Waals surface area contributed by atoms with E-state index in [2.05, 4.69) is 11.9 Å². The van der Waals surface area contributed by atoms with Crippen molar-refractivity contribution >= 4 is 11.9 Å². The molecule has 3 aliphatic rings. The van der Waals surface area contributed by atoms with Gasteiger partial charge in [-0.3, -0.25) is 15.0 Å². The number of aliphatic hydroxyl groups excluding tert-OH is 3. The van der Waals surface area contributed by atoms with E-state index >= 15 is 0 Å². The van der Waals surface area contributed by atoms with Crippen LogP contribution in [0.3, 0.4) is 0 Å². The van der Waals surface area contributed by atoms with Crippen LogP contribution in [0.4, 0.5) is 0 Å². The van der Waals surface area contributed by atoms with Crippen LogP contribution < -0.4 is 5.32 Å². The number of rotatable bonds is 13. The van der Waals surface area contributed by atoms with E-state index in [0.29, 0.717) is 6.54 Å². The molecule has 3 rings (SSSR count). The Labute approximate surface area is 248 Å². The van der Waals surface area contributed by atoms with Crippen LogP contribution in [0.5, 0.6) is 0 Å². The highest BCUT2D eigenvalue weighted by Gasteiger charge is 2.58. The molecule has 0 saturated carbocycles. The highest BCUT2D eigenvalue weighted by molar-refractivity contribution is 5.91. The van der Waals surface area contributed by atoms with Crippen LogP contribution in [-0.4, -0.2) is 149 Å². The largest absolute Gasteiger partial charge is 0.481 e. The molecule has 0 aromatic rings. The van der Waals surface area contributed by atoms with Crippen LogP contribution in [0.15, 0.2) is 36.6 Å². The highest BCUT2D eigenvalue weighted by Crippen LogP contribution is 2.41. The predicted molar refractivity (Wildman–Crippen MR) is 144 cm³/mol. The molecule has 0 bridgehead atoms. The summed E-state index contributed by atoms with van der Waals surface area (Å²) in [5, 5.41) is 75.0. The number of nitrogens with one attached hydrogen (secondary N) is 1. The zero-order valence-electron chi connectivity index (χ0n) is 24.0. The van der Waals surface area contributed by atoms with Crippen LogP contribution in [0, 0.1) is 17.8 Å². The second-order valence-corrected chi connectivity index (χ2v) is 10.7. The number of aliphatic hydroxyl groups is 6. The Morgan fingerprint density at radius 2 is 1.95 bits per heavy atom. The van der Waals surface area contributed by atoms with Crippen molar-refractivity contribution < 1.29 is 69.0 Å². The van der Waals surface area contributed by atoms with E-state index in [4.69, 9.17) is 23.7 Å². The van der Waals surface area contributed by atoms with Gasteiger partial charge in [-0.15, -0.1) is 6.58 Å². The molecule has 0 aromatic carbocycles. The van der Waals surface area contributed by atoms with E-state index in [9.17, 15) is 45.3 Å². The van der Waals surface area contributed by atoms with Crippen LogP contribution in [-0.2, 0) is 33.3 Å². The Morgan fingerprint density at radius 3 is 2.53 bits per heavy atom. The molecule has 244 valence electrons. The van der Waals surface area contributed by atoms with Gasteiger partial charge in [-0.1, -0.05) is 18.2 Å². The maximum Gasteiger partial charge on any atom is 0.340 e. The molecule has 9 atom stereocenters. The fourth-order valence-electron chi connectivity index (χ4n) is 5.50. The van der Waals surface area contributed by atoms with E-state index in [-0.39, 0.29) is 38.4 Å². The third kappa shape index (κ3) is 7.61. The minimum absolute atomic E-state index is 0.170. The Kier molecular flexibility index (Phi) is 12.2. The number of methoxy groups -OCH3 is 1. The fourth-order valence-corrected chi connectivity index (χ4v) is 5.50. The van der Waals surface area contributed by atoms with Gasteiger partial charge in [0.15, 0.2) is 12.4 Å². The number of aliphatic carboxylic acids is 1. The molecule has 0 spiro atoms. The monoisotopic (exact) mass is 618 g/mol. The summed E-state index contributed by atoms with van der Waals surface area (Å²) in [5.74, 6) is -7.29. The third-order valence-corrected chi connectivity index (χ3v) is 7.78. The molecular formula is C27H42N2O14. The van der Waals surface area contributed by atoms with Crippen molar-refractivity contribution in [3.8, 4) is 0 Å². The van der Waals surface area contributed by atoms with Crippen molar-refractivity contribution in [2.75, 3.05) is 53.7 Å². The summed E-state index contributed by atoms with van der Waals surface area (Å²) in [6.45, 7) is 3.41. The lowest BCUT2D eigenvalue weighted by molar-refractivity contribution is -0.412. The van der Waals surface area contributed by atoms with Gasteiger partial charge in [0.1, 0.15) is 29.6 Å². The first-order valence-electron chi connectivity index (χ1n) is 13.7. The van der Waals surface area contributed by atoms with Gasteiger partial charge in [-0.25, -0.2) is 4.79 Å². The summed E-state index contributed by atoms with van der Waals surface area (Å²) in [7, 11) is 2.62. The van der Waals surface area contributed by atoms with Gasteiger partial charge in [0, 0.05) is 19.6 Å². The molecule has 0 aliphatic carbocycles. The predicted octanol–water partition coefficient (Wildman–Crippen LogP) is -3.16. The minimum Gasteiger partial charge on any atom is -0.481 e. The lowest BCUT2D eigenvalue weighted by Crippen LogP contribution is -2.69. The average molecular weight is 619 g/mol. The number of carboxylic acid groups (broad SMARTS) is 1. The number of esters is 1. The van der Waals surface area contributed by atoms with E-state index in [0.717, 1.165) is 13.4 Å². The Hall–Kier alpha value is -2.48. The van der Waals surface area contributed by atoms with Gasteiger partial charge >= 0.3 is 11.9 Å². The van der Waals surface area contributed by atoms with Gasteiger partial charge in [0.25, 0.3) is 0 Å². The topological polar surface area (TPSA) is 237 Å². The van der Waals surface area contributed by atoms with Gasteiger partial charge < -0.3 is 59.4 Å². The quantitative estimate of drug-likeness (QED) is 0.0577. The number of nitrogens with zero attached hydrogens (tertiary/aromatic N) is 1. The smallest absolute Gasteiger partial charge is 0.340 e. The molecule has 43 heavy (non-hydrogen) atoms. The number of carbonyl (C=O) groups is 2. The highest BCUT2D eigenvalue weighted by atomic mass is 16.8. The lowest BCUT2D eigenvalue weighted by Gasteiger charge is -2.48. The van der Waals surface area contributed by atoms with Crippen LogP contribution in [0.25, 0.3) is 0 Å². The number of ether oxygens (including phenoxy) is 5. The van der Waals surface area contributed by atoms with Crippen molar-refractivity contribution in [1.82, 2.24) is 10.2 Å². The number of carboxylic acids is 1. The first kappa shape index (κ1) is 35.0. The van der Waals surface area contributed by atoms with Crippen molar-refractivity contribution in [1.29, 1.82) is 0 Å². The molecule has 0 radical (unpaired) electrons. The maximum absolute atomic E-state index is 12.7. The Bertz CT molecular complexity index is 1040. The molecule has 9 unspecified atom stereocenters. The molecule has 3 heterocycles. The summed E-state index contributed by atoms with van der Waals surface area (Å²) in [6, 6.07) is 0. The van der Waals surface area contributed by atoms with Crippen LogP contribution >= 0.6 is 0 Å². The number of hydrogen-bond donors (Lipinski definition) is 8.